The topological polar surface area (TPSA) is 38.7 Å². The zero-order valence-electron chi connectivity index (χ0n) is 11.4. The van der Waals surface area contributed by atoms with Gasteiger partial charge < -0.3 is 0 Å². The van der Waals surface area contributed by atoms with Gasteiger partial charge in [0, 0.05) is 11.1 Å². The highest BCUT2D eigenvalue weighted by Crippen LogP contribution is 2.36. The number of hydrogen-bond acceptors (Lipinski definition) is 5. The third-order valence-corrected chi connectivity index (χ3v) is 5.05. The van der Waals surface area contributed by atoms with Gasteiger partial charge in [0.15, 0.2) is 10.2 Å². The van der Waals surface area contributed by atoms with E-state index in [2.05, 4.69) is 35.7 Å². The summed E-state index contributed by atoms with van der Waals surface area (Å²) < 4.78 is 14.8. The maximum absolute atomic E-state index is 14.0. The van der Waals surface area contributed by atoms with Gasteiger partial charge in [0.2, 0.25) is 0 Å². The van der Waals surface area contributed by atoms with E-state index in [1.54, 1.807) is 11.3 Å². The summed E-state index contributed by atoms with van der Waals surface area (Å²) in [5, 5.41) is 0.349. The van der Waals surface area contributed by atoms with Crippen LogP contribution in [-0.4, -0.2) is 15.0 Å². The molecule has 19 heavy (non-hydrogen) atoms. The van der Waals surface area contributed by atoms with E-state index in [9.17, 15) is 4.39 Å². The smallest absolute Gasteiger partial charge is 0.177 e. The SMILES string of the molecule is CCc1ncnc(Sc2ncc(C(C)(C)C)s2)c1F. The van der Waals surface area contributed by atoms with E-state index in [0.29, 0.717) is 17.1 Å². The van der Waals surface area contributed by atoms with Gasteiger partial charge in [0.25, 0.3) is 0 Å². The van der Waals surface area contributed by atoms with Crippen LogP contribution in [0.3, 0.4) is 0 Å². The van der Waals surface area contributed by atoms with E-state index in [4.69, 9.17) is 0 Å². The van der Waals surface area contributed by atoms with Crippen molar-refractivity contribution in [2.45, 2.75) is 48.9 Å². The Kier molecular flexibility index (Phi) is 4.20. The largest absolute Gasteiger partial charge is 0.238 e. The van der Waals surface area contributed by atoms with Gasteiger partial charge in [-0.3, -0.25) is 0 Å². The Bertz CT molecular complexity index is 576. The van der Waals surface area contributed by atoms with Crippen LogP contribution in [-0.2, 0) is 11.8 Å². The Labute approximate surface area is 120 Å². The summed E-state index contributed by atoms with van der Waals surface area (Å²) in [5.74, 6) is -0.331. The average molecular weight is 297 g/mol. The molecule has 0 spiro atoms. The standard InChI is InChI=1S/C13H16FN3S2/c1-5-8-10(14)11(17-7-16-8)19-12-15-6-9(18-12)13(2,3)4/h6-7H,5H2,1-4H3. The van der Waals surface area contributed by atoms with E-state index in [0.717, 1.165) is 4.34 Å². The zero-order valence-corrected chi connectivity index (χ0v) is 13.0. The highest BCUT2D eigenvalue weighted by molar-refractivity contribution is 8.01. The van der Waals surface area contributed by atoms with Gasteiger partial charge in [-0.25, -0.2) is 19.3 Å². The number of hydrogen-bond donors (Lipinski definition) is 0. The van der Waals surface area contributed by atoms with Crippen molar-refractivity contribution in [1.82, 2.24) is 15.0 Å². The molecule has 0 aliphatic heterocycles. The predicted molar refractivity (Wildman–Crippen MR) is 76.3 cm³/mol. The first-order valence-electron chi connectivity index (χ1n) is 6.05. The van der Waals surface area contributed by atoms with Crippen LogP contribution < -0.4 is 0 Å². The fraction of sp³-hybridized carbons (Fsp3) is 0.462. The molecule has 0 aliphatic rings. The van der Waals surface area contributed by atoms with Crippen LogP contribution in [0.5, 0.6) is 0 Å². The van der Waals surface area contributed by atoms with Crippen LogP contribution >= 0.6 is 23.1 Å². The highest BCUT2D eigenvalue weighted by atomic mass is 32.2. The Morgan fingerprint density at radius 1 is 1.26 bits per heavy atom. The molecule has 0 N–H and O–H groups in total. The van der Waals surface area contributed by atoms with Crippen LogP contribution in [0.2, 0.25) is 0 Å². The Morgan fingerprint density at radius 2 is 2.00 bits per heavy atom. The molecular weight excluding hydrogens is 281 g/mol. The summed E-state index contributed by atoms with van der Waals surface area (Å²) in [6.45, 7) is 8.28. The molecule has 0 saturated heterocycles. The van der Waals surface area contributed by atoms with Crippen LogP contribution in [0.1, 0.15) is 38.3 Å². The normalized spacial score (nSPS) is 11.8. The molecule has 0 atom stereocenters. The molecule has 2 rings (SSSR count). The van der Waals surface area contributed by atoms with Gasteiger partial charge in [0.05, 0.1) is 5.69 Å². The summed E-state index contributed by atoms with van der Waals surface area (Å²) in [6, 6.07) is 0. The second-order valence-corrected chi connectivity index (χ2v) is 7.40. The number of thiazole rings is 1. The first-order valence-corrected chi connectivity index (χ1v) is 7.68. The molecule has 0 amide bonds. The molecule has 0 bridgehead atoms. The molecule has 102 valence electrons. The van der Waals surface area contributed by atoms with Crippen molar-refractivity contribution < 1.29 is 4.39 Å². The van der Waals surface area contributed by atoms with E-state index in [1.165, 1.54) is 23.0 Å². The second-order valence-electron chi connectivity index (χ2n) is 5.14. The van der Waals surface area contributed by atoms with Gasteiger partial charge in [-0.05, 0) is 23.6 Å². The second kappa shape index (κ2) is 5.54. The number of halogens is 1. The summed E-state index contributed by atoms with van der Waals surface area (Å²) in [6.07, 6.45) is 3.82. The van der Waals surface area contributed by atoms with E-state index in [-0.39, 0.29) is 11.2 Å². The van der Waals surface area contributed by atoms with Gasteiger partial charge in [-0.15, -0.1) is 11.3 Å². The van der Waals surface area contributed by atoms with Crippen molar-refractivity contribution in [2.75, 3.05) is 0 Å². The fourth-order valence-corrected chi connectivity index (χ4v) is 3.40. The van der Waals surface area contributed by atoms with Crippen molar-refractivity contribution >= 4 is 23.1 Å². The average Bonchev–Trinajstić information content (AvgIpc) is 2.80. The van der Waals surface area contributed by atoms with Crippen LogP contribution in [0.15, 0.2) is 21.9 Å². The highest BCUT2D eigenvalue weighted by Gasteiger charge is 2.19. The minimum absolute atomic E-state index is 0.0648. The monoisotopic (exact) mass is 297 g/mol. The Hall–Kier alpha value is -1.01. The van der Waals surface area contributed by atoms with Crippen LogP contribution in [0.4, 0.5) is 4.39 Å². The molecule has 0 aliphatic carbocycles. The summed E-state index contributed by atoms with van der Waals surface area (Å²) >= 11 is 2.84. The zero-order chi connectivity index (χ0) is 14.0. The van der Waals surface area contributed by atoms with Crippen molar-refractivity contribution in [3.05, 3.63) is 28.9 Å². The number of aryl methyl sites for hydroxylation is 1. The molecule has 6 heteroatoms. The fourth-order valence-electron chi connectivity index (χ4n) is 1.44. The molecule has 0 radical (unpaired) electrons. The summed E-state index contributed by atoms with van der Waals surface area (Å²) in [4.78, 5) is 13.4. The first-order chi connectivity index (χ1) is 8.91. The third kappa shape index (κ3) is 3.30. The molecule has 3 nitrogen and oxygen atoms in total. The molecule has 0 aromatic carbocycles. The van der Waals surface area contributed by atoms with Crippen LogP contribution in [0, 0.1) is 5.82 Å². The minimum Gasteiger partial charge on any atom is -0.238 e. The van der Waals surface area contributed by atoms with E-state index in [1.807, 2.05) is 13.1 Å². The lowest BCUT2D eigenvalue weighted by atomic mass is 9.96. The van der Waals surface area contributed by atoms with Crippen LogP contribution in [0.25, 0.3) is 0 Å². The Balaban J connectivity index is 2.25. The van der Waals surface area contributed by atoms with Gasteiger partial charge in [0.1, 0.15) is 11.4 Å². The summed E-state index contributed by atoms with van der Waals surface area (Å²) in [5.41, 5.74) is 0.514. The summed E-state index contributed by atoms with van der Waals surface area (Å²) in [7, 11) is 0. The number of aromatic nitrogens is 3. The molecule has 0 saturated carbocycles. The maximum atomic E-state index is 14.0. The van der Waals surface area contributed by atoms with Crippen molar-refractivity contribution in [3.8, 4) is 0 Å². The lowest BCUT2D eigenvalue weighted by molar-refractivity contribution is 0.559. The quantitative estimate of drug-likeness (QED) is 0.800. The molecule has 0 fully saturated rings. The van der Waals surface area contributed by atoms with Gasteiger partial charge in [-0.1, -0.05) is 27.7 Å². The van der Waals surface area contributed by atoms with E-state index >= 15 is 0 Å². The van der Waals surface area contributed by atoms with Gasteiger partial charge >= 0.3 is 0 Å². The Morgan fingerprint density at radius 3 is 2.58 bits per heavy atom. The van der Waals surface area contributed by atoms with E-state index < -0.39 is 0 Å². The van der Waals surface area contributed by atoms with Crippen molar-refractivity contribution in [2.24, 2.45) is 0 Å². The van der Waals surface area contributed by atoms with Gasteiger partial charge in [-0.2, -0.15) is 0 Å². The number of rotatable bonds is 3. The third-order valence-electron chi connectivity index (χ3n) is 2.57. The molecule has 2 heterocycles. The minimum atomic E-state index is -0.331. The number of nitrogens with zero attached hydrogens (tertiary/aromatic N) is 3. The lowest BCUT2D eigenvalue weighted by Crippen LogP contribution is -2.07. The maximum Gasteiger partial charge on any atom is 0.177 e. The van der Waals surface area contributed by atoms with Crippen molar-refractivity contribution in [3.63, 3.8) is 0 Å². The lowest BCUT2D eigenvalue weighted by Gasteiger charge is -2.14. The molecular formula is C13H16FN3S2. The van der Waals surface area contributed by atoms with Crippen molar-refractivity contribution in [1.29, 1.82) is 0 Å². The molecule has 0 unspecified atom stereocenters. The molecule has 2 aromatic rings. The molecule has 2 aromatic heterocycles. The first kappa shape index (κ1) is 14.4. The predicted octanol–water partition coefficient (Wildman–Crippen LogP) is 4.08.